The second-order valence-corrected chi connectivity index (χ2v) is 9.53. The molecular weight excluding hydrogens is 447 g/mol. The molecule has 1 atom stereocenters. The average Bonchev–Trinajstić information content (AvgIpc) is 2.72. The van der Waals surface area contributed by atoms with Crippen LogP contribution < -0.4 is 10.1 Å². The lowest BCUT2D eigenvalue weighted by atomic mass is 10.0. The molecule has 0 saturated heterocycles. The maximum absolute atomic E-state index is 13.2. The Morgan fingerprint density at radius 2 is 1.78 bits per heavy atom. The highest BCUT2D eigenvalue weighted by molar-refractivity contribution is 6.35. The van der Waals surface area contributed by atoms with Gasteiger partial charge < -0.3 is 15.0 Å². The van der Waals surface area contributed by atoms with Gasteiger partial charge in [0, 0.05) is 28.5 Å². The van der Waals surface area contributed by atoms with Gasteiger partial charge in [-0.1, -0.05) is 54.4 Å². The molecule has 1 unspecified atom stereocenters. The van der Waals surface area contributed by atoms with Gasteiger partial charge in [0.25, 0.3) is 0 Å². The number of rotatable bonds is 10. The summed E-state index contributed by atoms with van der Waals surface area (Å²) in [6.45, 7) is 8.29. The minimum atomic E-state index is -0.608. The molecule has 32 heavy (non-hydrogen) atoms. The van der Waals surface area contributed by atoms with Gasteiger partial charge in [-0.05, 0) is 63.4 Å². The predicted molar refractivity (Wildman–Crippen MR) is 130 cm³/mol. The van der Waals surface area contributed by atoms with E-state index < -0.39 is 11.6 Å². The number of nitrogens with one attached hydrogen (secondary N) is 1. The fourth-order valence-electron chi connectivity index (χ4n) is 3.28. The third-order valence-corrected chi connectivity index (χ3v) is 5.37. The van der Waals surface area contributed by atoms with Crippen LogP contribution in [0.1, 0.15) is 52.5 Å². The van der Waals surface area contributed by atoms with Crippen molar-refractivity contribution in [2.24, 2.45) is 0 Å². The van der Waals surface area contributed by atoms with Gasteiger partial charge in [-0.25, -0.2) is 0 Å². The molecule has 0 fully saturated rings. The van der Waals surface area contributed by atoms with Gasteiger partial charge in [0.2, 0.25) is 11.8 Å². The van der Waals surface area contributed by atoms with E-state index >= 15 is 0 Å². The molecule has 174 valence electrons. The monoisotopic (exact) mass is 478 g/mol. The molecular formula is C25H32Cl2N2O3. The zero-order chi connectivity index (χ0) is 23.7. The van der Waals surface area contributed by atoms with Crippen molar-refractivity contribution in [3.63, 3.8) is 0 Å². The number of benzene rings is 2. The number of hydrogen-bond acceptors (Lipinski definition) is 3. The topological polar surface area (TPSA) is 58.6 Å². The number of halogens is 2. The summed E-state index contributed by atoms with van der Waals surface area (Å²) in [5.74, 6) is 0.461. The maximum atomic E-state index is 13.2. The number of hydrogen-bond donors (Lipinski definition) is 1. The molecule has 0 aromatic heterocycles. The normalized spacial score (nSPS) is 12.2. The van der Waals surface area contributed by atoms with E-state index in [4.69, 9.17) is 27.9 Å². The van der Waals surface area contributed by atoms with Crippen LogP contribution in [0, 0.1) is 0 Å². The van der Waals surface area contributed by atoms with Crippen LogP contribution in [0.2, 0.25) is 10.0 Å². The Kier molecular flexibility index (Phi) is 9.85. The summed E-state index contributed by atoms with van der Waals surface area (Å²) in [5.41, 5.74) is 0.340. The Hall–Kier alpha value is -2.24. The first-order valence-corrected chi connectivity index (χ1v) is 11.6. The Bertz CT molecular complexity index is 898. The minimum Gasteiger partial charge on any atom is -0.494 e. The van der Waals surface area contributed by atoms with Crippen LogP contribution in [-0.4, -0.2) is 34.9 Å². The molecule has 2 aromatic carbocycles. The quantitative estimate of drug-likeness (QED) is 0.434. The Morgan fingerprint density at radius 1 is 1.09 bits per heavy atom. The highest BCUT2D eigenvalue weighted by Crippen LogP contribution is 2.24. The molecule has 7 heteroatoms. The molecule has 0 aliphatic heterocycles. The van der Waals surface area contributed by atoms with E-state index in [-0.39, 0.29) is 24.8 Å². The second kappa shape index (κ2) is 12.1. The van der Waals surface area contributed by atoms with Crippen LogP contribution in [0.25, 0.3) is 0 Å². The van der Waals surface area contributed by atoms with Crippen molar-refractivity contribution in [3.8, 4) is 5.75 Å². The molecule has 2 amide bonds. The lowest BCUT2D eigenvalue weighted by Crippen LogP contribution is -2.53. The van der Waals surface area contributed by atoms with Crippen molar-refractivity contribution in [1.82, 2.24) is 10.2 Å². The van der Waals surface area contributed by atoms with Crippen LogP contribution in [0.5, 0.6) is 5.75 Å². The van der Waals surface area contributed by atoms with Crippen LogP contribution in [-0.2, 0) is 16.1 Å². The predicted octanol–water partition coefficient (Wildman–Crippen LogP) is 5.87. The van der Waals surface area contributed by atoms with Crippen LogP contribution in [0.4, 0.5) is 0 Å². The molecule has 0 radical (unpaired) electrons. The average molecular weight is 479 g/mol. The molecule has 0 saturated carbocycles. The lowest BCUT2D eigenvalue weighted by Gasteiger charge is -2.33. The van der Waals surface area contributed by atoms with Crippen molar-refractivity contribution in [1.29, 1.82) is 0 Å². The highest BCUT2D eigenvalue weighted by Gasteiger charge is 2.30. The Balaban J connectivity index is 2.13. The molecule has 0 spiro atoms. The van der Waals surface area contributed by atoms with Crippen molar-refractivity contribution < 1.29 is 14.3 Å². The Morgan fingerprint density at radius 3 is 2.38 bits per heavy atom. The van der Waals surface area contributed by atoms with E-state index in [1.165, 1.54) is 0 Å². The lowest BCUT2D eigenvalue weighted by molar-refractivity contribution is -0.142. The van der Waals surface area contributed by atoms with E-state index in [1.54, 1.807) is 23.1 Å². The zero-order valence-electron chi connectivity index (χ0n) is 19.2. The first-order chi connectivity index (χ1) is 15.1. The van der Waals surface area contributed by atoms with E-state index in [9.17, 15) is 9.59 Å². The number of para-hydroxylation sites is 1. The number of nitrogens with zero attached hydrogens (tertiary/aromatic N) is 1. The van der Waals surface area contributed by atoms with E-state index in [2.05, 4.69) is 5.32 Å². The number of carbonyl (C=O) groups is 2. The smallest absolute Gasteiger partial charge is 0.243 e. The summed E-state index contributed by atoms with van der Waals surface area (Å²) in [5, 5.41) is 3.98. The van der Waals surface area contributed by atoms with E-state index in [0.717, 1.165) is 11.3 Å². The van der Waals surface area contributed by atoms with E-state index in [1.807, 2.05) is 58.0 Å². The minimum absolute atomic E-state index is 0.122. The summed E-state index contributed by atoms with van der Waals surface area (Å²) >= 11 is 12.4. The SMILES string of the molecule is CCC(C(=O)NC(C)(C)C)N(Cc1ccc(Cl)cc1Cl)C(=O)CCCOc1ccccc1. The van der Waals surface area contributed by atoms with Crippen molar-refractivity contribution >= 4 is 35.0 Å². The van der Waals surface area contributed by atoms with Gasteiger partial charge in [0.1, 0.15) is 11.8 Å². The summed E-state index contributed by atoms with van der Waals surface area (Å²) in [6, 6.07) is 14.0. The van der Waals surface area contributed by atoms with Crippen LogP contribution in [0.3, 0.4) is 0 Å². The second-order valence-electron chi connectivity index (χ2n) is 8.69. The molecule has 0 aliphatic carbocycles. The first-order valence-electron chi connectivity index (χ1n) is 10.8. The summed E-state index contributed by atoms with van der Waals surface area (Å²) in [7, 11) is 0. The summed E-state index contributed by atoms with van der Waals surface area (Å²) < 4.78 is 5.70. The first kappa shape index (κ1) is 26.0. The van der Waals surface area contributed by atoms with Gasteiger partial charge in [-0.15, -0.1) is 0 Å². The van der Waals surface area contributed by atoms with Crippen LogP contribution in [0.15, 0.2) is 48.5 Å². The fourth-order valence-corrected chi connectivity index (χ4v) is 3.75. The summed E-state index contributed by atoms with van der Waals surface area (Å²) in [6.07, 6.45) is 1.28. The standard InChI is InChI=1S/C25H32Cl2N2O3/c1-5-22(24(31)28-25(2,3)4)29(17-18-13-14-19(26)16-21(18)27)23(30)12-9-15-32-20-10-7-6-8-11-20/h6-8,10-11,13-14,16,22H,5,9,12,15,17H2,1-4H3,(H,28,31). The van der Waals surface area contributed by atoms with Crippen molar-refractivity contribution in [2.75, 3.05) is 6.61 Å². The number of carbonyl (C=O) groups excluding carboxylic acids is 2. The van der Waals surface area contributed by atoms with E-state index in [0.29, 0.717) is 29.5 Å². The Labute approximate surface area is 201 Å². The maximum Gasteiger partial charge on any atom is 0.243 e. The number of amides is 2. The van der Waals surface area contributed by atoms with Gasteiger partial charge in [0.15, 0.2) is 0 Å². The molecule has 2 rings (SSSR count). The molecule has 0 bridgehead atoms. The third-order valence-electron chi connectivity index (χ3n) is 4.79. The number of ether oxygens (including phenoxy) is 1. The molecule has 1 N–H and O–H groups in total. The zero-order valence-corrected chi connectivity index (χ0v) is 20.7. The van der Waals surface area contributed by atoms with Crippen LogP contribution >= 0.6 is 23.2 Å². The van der Waals surface area contributed by atoms with Gasteiger partial charge >= 0.3 is 0 Å². The molecule has 0 aliphatic rings. The molecule has 0 heterocycles. The molecule has 2 aromatic rings. The van der Waals surface area contributed by atoms with Crippen molar-refractivity contribution in [2.45, 2.75) is 65.1 Å². The highest BCUT2D eigenvalue weighted by atomic mass is 35.5. The van der Waals surface area contributed by atoms with Crippen molar-refractivity contribution in [3.05, 3.63) is 64.1 Å². The van der Waals surface area contributed by atoms with Gasteiger partial charge in [-0.3, -0.25) is 9.59 Å². The third kappa shape index (κ3) is 8.36. The molecule has 5 nitrogen and oxygen atoms in total. The van der Waals surface area contributed by atoms with Gasteiger partial charge in [-0.2, -0.15) is 0 Å². The largest absolute Gasteiger partial charge is 0.494 e. The summed E-state index contributed by atoms with van der Waals surface area (Å²) in [4.78, 5) is 27.8. The fraction of sp³-hybridized carbons (Fsp3) is 0.440. The van der Waals surface area contributed by atoms with Gasteiger partial charge in [0.05, 0.1) is 6.61 Å².